The van der Waals surface area contributed by atoms with Crippen molar-refractivity contribution in [3.8, 4) is 0 Å². The van der Waals surface area contributed by atoms with Crippen LogP contribution >= 0.6 is 7.82 Å². The molecule has 0 spiro atoms. The molecule has 5 N–H and O–H groups in total. The predicted molar refractivity (Wildman–Crippen MR) is 332 cm³/mol. The molecule has 4 aliphatic rings. The summed E-state index contributed by atoms with van der Waals surface area (Å²) in [5, 5.41) is 41.1. The molecule has 2 saturated carbocycles. The number of fused-ring (bicyclic) bond motifs is 5. The van der Waals surface area contributed by atoms with Gasteiger partial charge in [0.25, 0.3) is 0 Å². The minimum atomic E-state index is -4.72. The summed E-state index contributed by atoms with van der Waals surface area (Å²) in [4.78, 5) is 109. The summed E-state index contributed by atoms with van der Waals surface area (Å²) in [6.45, 7) is 8.14. The topological polar surface area (TPSA) is 313 Å². The van der Waals surface area contributed by atoms with Crippen LogP contribution in [0.4, 0.5) is 0 Å². The summed E-state index contributed by atoms with van der Waals surface area (Å²) in [7, 11) is 0.863. The molecular weight excluding hydrogens is 1200 g/mol. The fraction of sp³-hybridized carbons (Fsp3) is 0.687. The largest absolute Gasteiger partial charge is 0.472 e. The van der Waals surface area contributed by atoms with Crippen molar-refractivity contribution in [2.24, 2.45) is 16.7 Å². The maximum Gasteiger partial charge on any atom is 0.472 e. The van der Waals surface area contributed by atoms with E-state index in [4.69, 9.17) is 42.2 Å². The van der Waals surface area contributed by atoms with Crippen molar-refractivity contribution >= 4 is 49.4 Å². The molecule has 0 amide bonds. The lowest BCUT2D eigenvalue weighted by Crippen LogP contribution is -2.82. The Bertz CT molecular complexity index is 2860. The second kappa shape index (κ2) is 33.1. The third kappa shape index (κ3) is 19.1. The number of benzene rings is 2. The van der Waals surface area contributed by atoms with Crippen LogP contribution in [-0.2, 0) is 75.5 Å². The van der Waals surface area contributed by atoms with Gasteiger partial charge in [-0.1, -0.05) is 153 Å². The van der Waals surface area contributed by atoms with Crippen molar-refractivity contribution in [1.82, 2.24) is 5.32 Å². The normalized spacial score (nSPS) is 26.8. The highest BCUT2D eigenvalue weighted by atomic mass is 31.2. The third-order valence-electron chi connectivity index (χ3n) is 18.5. The molecule has 2 aromatic carbocycles. The first kappa shape index (κ1) is 74.6. The summed E-state index contributed by atoms with van der Waals surface area (Å²) in [6, 6.07) is 14.3. The minimum absolute atomic E-state index is 0.0262. The van der Waals surface area contributed by atoms with Crippen LogP contribution in [0.1, 0.15) is 180 Å². The summed E-state index contributed by atoms with van der Waals surface area (Å²) >= 11 is 0. The Labute approximate surface area is 535 Å². The average Bonchev–Trinajstić information content (AvgIpc) is 0.671. The van der Waals surface area contributed by atoms with Crippen LogP contribution in [0.2, 0.25) is 0 Å². The number of Topliss-reactive ketones (excluding diaryl/α,β-unsaturated/α-hetero) is 1. The Kier molecular flexibility index (Phi) is 27.1. The zero-order chi connectivity index (χ0) is 67.0. The number of likely N-dealkylation sites (N-methyl/N-ethyl adjacent to an activating group) is 1. The number of aliphatic hydroxyl groups excluding tert-OH is 2. The molecule has 1 saturated heterocycles. The van der Waals surface area contributed by atoms with E-state index in [1.165, 1.54) is 97.6 Å². The number of phosphoric ester groups is 1. The number of nitrogens with zero attached hydrogens (tertiary/aromatic N) is 1. The number of ketones is 1. The van der Waals surface area contributed by atoms with Gasteiger partial charge in [-0.25, -0.2) is 14.2 Å². The number of nitrogens with one attached hydrogen (secondary N) is 1. The van der Waals surface area contributed by atoms with Gasteiger partial charge in [0, 0.05) is 38.5 Å². The SMILES string of the molecule is CCCCCCCCCCCCCCCCC(=O)OCC(COP(=O)(O)OCC[N+](C)(C)C)OC(=O)CNC(c1ccccc1)[C@@H](O)C(=O)O[C@H]1C[C@@]2(O)C(OC(=O)c3ccccc3)C3[C@](C)(C(=O)[C@H](OC(C)=O)C(=C1C)C2(C)C)[C@@H](O)C[C@H]1OC[C@@]31OC(C)=O. The second-order valence-electron chi connectivity index (χ2n) is 26.6. The van der Waals surface area contributed by atoms with Crippen molar-refractivity contribution in [2.75, 3.05) is 60.7 Å². The maximum atomic E-state index is 15.7. The van der Waals surface area contributed by atoms with Gasteiger partial charge in [-0.2, -0.15) is 0 Å². The molecule has 6 rings (SSSR count). The number of aliphatic hydroxyl groups is 3. The Balaban J connectivity index is 1.22. The Morgan fingerprint density at radius 3 is 1.91 bits per heavy atom. The summed E-state index contributed by atoms with van der Waals surface area (Å²) in [6.07, 6.45) is 3.38. The Hall–Kier alpha value is -5.46. The second-order valence-corrected chi connectivity index (χ2v) is 28.1. The van der Waals surface area contributed by atoms with E-state index in [0.29, 0.717) is 17.4 Å². The van der Waals surface area contributed by atoms with Gasteiger partial charge in [0.2, 0.25) is 0 Å². The number of carbonyl (C=O) groups excluding carboxylic acids is 7. The molecule has 23 nitrogen and oxygen atoms in total. The molecule has 3 aliphatic carbocycles. The molecule has 3 fully saturated rings. The lowest BCUT2D eigenvalue weighted by Gasteiger charge is -2.67. The number of unbranched alkanes of at least 4 members (excludes halogenated alkanes) is 13. The molecule has 1 aliphatic heterocycles. The number of hydrogen-bond donors (Lipinski definition) is 5. The molecule has 2 aromatic rings. The van der Waals surface area contributed by atoms with E-state index in [1.807, 2.05) is 21.1 Å². The minimum Gasteiger partial charge on any atom is -0.462 e. The third-order valence-corrected chi connectivity index (χ3v) is 19.5. The van der Waals surface area contributed by atoms with E-state index in [9.17, 15) is 53.5 Å². The Morgan fingerprint density at radius 1 is 0.780 bits per heavy atom. The first-order chi connectivity index (χ1) is 42.9. The number of phosphoric acid groups is 1. The van der Waals surface area contributed by atoms with Crippen LogP contribution < -0.4 is 5.32 Å². The highest BCUT2D eigenvalue weighted by Crippen LogP contribution is 2.64. The molecule has 0 radical (unpaired) electrons. The number of quaternary nitrogens is 1. The van der Waals surface area contributed by atoms with Gasteiger partial charge >= 0.3 is 43.6 Å². The fourth-order valence-electron chi connectivity index (χ4n) is 13.3. The molecular formula is C67H100N2O21P+. The Morgan fingerprint density at radius 2 is 1.36 bits per heavy atom. The number of esters is 6. The van der Waals surface area contributed by atoms with E-state index < -0.39 is 152 Å². The summed E-state index contributed by atoms with van der Waals surface area (Å²) in [5.41, 5.74) is -7.87. The zero-order valence-electron chi connectivity index (χ0n) is 54.9. The summed E-state index contributed by atoms with van der Waals surface area (Å²) < 4.78 is 65.6. The number of carbonyl (C=O) groups is 7. The zero-order valence-corrected chi connectivity index (χ0v) is 55.8. The van der Waals surface area contributed by atoms with Crippen LogP contribution in [0, 0.1) is 16.7 Å². The molecule has 0 aromatic heterocycles. The van der Waals surface area contributed by atoms with Crippen molar-refractivity contribution in [2.45, 2.75) is 218 Å². The van der Waals surface area contributed by atoms with Crippen molar-refractivity contribution in [3.63, 3.8) is 0 Å². The van der Waals surface area contributed by atoms with Gasteiger partial charge in [-0.15, -0.1) is 0 Å². The van der Waals surface area contributed by atoms with Gasteiger partial charge in [-0.05, 0) is 49.1 Å². The first-order valence-corrected chi connectivity index (χ1v) is 33.8. The smallest absolute Gasteiger partial charge is 0.462 e. The van der Waals surface area contributed by atoms with E-state index in [-0.39, 0.29) is 48.3 Å². The van der Waals surface area contributed by atoms with Gasteiger partial charge < -0.3 is 57.9 Å². The van der Waals surface area contributed by atoms with Crippen LogP contribution in [0.5, 0.6) is 0 Å². The molecule has 91 heavy (non-hydrogen) atoms. The first-order valence-electron chi connectivity index (χ1n) is 32.3. The van der Waals surface area contributed by atoms with Gasteiger partial charge in [0.15, 0.2) is 29.7 Å². The van der Waals surface area contributed by atoms with E-state index in [1.54, 1.807) is 48.5 Å². The van der Waals surface area contributed by atoms with E-state index >= 15 is 4.79 Å². The standard InChI is InChI=1S/C67H99N2O21P/c1-11-12-13-14-15-16-17-18-19-20-21-22-23-30-35-53(73)82-41-49(42-85-91(80,81)84-37-36-69(8,9)10)87-54(74)40-68-56(47-31-26-24-27-32-47)57(75)63(78)88-50-39-67(79)61(89-62(77)48-33-28-25-29-34-48)59-65(7,51(72)38-52-66(59,43-83-52)90-46(4)71)60(76)58(86-45(3)70)55(44(50)2)64(67,5)6/h24-29,31-34,49-52,56-59,61,68,72,75,79H,11-23,30,35-43H2,1-10H3/p+1/t49?,50-,51-,52+,56?,57+,58+,59?,61?,65+,66-,67+/m0/s1. The molecule has 24 heteroatoms. The lowest BCUT2D eigenvalue weighted by atomic mass is 9.44. The molecule has 1 heterocycles. The van der Waals surface area contributed by atoms with Crippen molar-refractivity contribution in [1.29, 1.82) is 0 Å². The molecule has 13 atom stereocenters. The van der Waals surface area contributed by atoms with E-state index in [0.717, 1.165) is 39.5 Å². The van der Waals surface area contributed by atoms with Crippen molar-refractivity contribution < 1.29 is 105 Å². The fourth-order valence-corrected chi connectivity index (χ4v) is 14.1. The summed E-state index contributed by atoms with van der Waals surface area (Å²) in [5.74, 6) is -8.21. The molecule has 5 unspecified atom stereocenters. The predicted octanol–water partition coefficient (Wildman–Crippen LogP) is 8.06. The van der Waals surface area contributed by atoms with Crippen LogP contribution in [-0.4, -0.2) is 181 Å². The van der Waals surface area contributed by atoms with Crippen molar-refractivity contribution in [3.05, 3.63) is 82.9 Å². The monoisotopic (exact) mass is 1300 g/mol. The lowest BCUT2D eigenvalue weighted by molar-refractivity contribution is -0.870. The average molecular weight is 1300 g/mol. The van der Waals surface area contributed by atoms with Crippen LogP contribution in [0.25, 0.3) is 0 Å². The number of rotatable bonds is 36. The number of ether oxygens (including phenoxy) is 7. The van der Waals surface area contributed by atoms with E-state index in [2.05, 4.69) is 12.2 Å². The van der Waals surface area contributed by atoms with Crippen LogP contribution in [0.3, 0.4) is 0 Å². The molecule has 2 bridgehead atoms. The molecule has 508 valence electrons. The van der Waals surface area contributed by atoms with Gasteiger partial charge in [0.05, 0.1) is 69.9 Å². The quantitative estimate of drug-likeness (QED) is 0.0108. The highest BCUT2D eigenvalue weighted by molar-refractivity contribution is 7.47. The maximum absolute atomic E-state index is 15.7. The number of hydrogen-bond acceptors (Lipinski definition) is 21. The van der Waals surface area contributed by atoms with Gasteiger partial charge in [-0.3, -0.25) is 38.3 Å². The van der Waals surface area contributed by atoms with Crippen LogP contribution in [0.15, 0.2) is 71.8 Å². The highest BCUT2D eigenvalue weighted by Gasteiger charge is 2.78. The van der Waals surface area contributed by atoms with Gasteiger partial charge in [0.1, 0.15) is 43.7 Å².